The van der Waals surface area contributed by atoms with Crippen molar-refractivity contribution in [1.29, 1.82) is 0 Å². The summed E-state index contributed by atoms with van der Waals surface area (Å²) in [6.07, 6.45) is 5.64. The van der Waals surface area contributed by atoms with Gasteiger partial charge in [0.25, 0.3) is 5.91 Å². The molecule has 2 fully saturated rings. The Kier molecular flexibility index (Phi) is 8.69. The summed E-state index contributed by atoms with van der Waals surface area (Å²) in [4.78, 5) is 16.0. The number of benzene rings is 3. The largest absolute Gasteiger partial charge is 0.495 e. The molecular formula is C27H33Cl2N3O2. The second-order valence-corrected chi connectivity index (χ2v) is 9.13. The van der Waals surface area contributed by atoms with Crippen molar-refractivity contribution in [2.45, 2.75) is 56.8 Å². The molecule has 0 spiro atoms. The third kappa shape index (κ3) is 5.12. The van der Waals surface area contributed by atoms with E-state index in [1.165, 1.54) is 24.8 Å². The van der Waals surface area contributed by atoms with Crippen LogP contribution in [-0.4, -0.2) is 36.0 Å². The number of ether oxygens (including phenoxy) is 1. The number of piperidine rings is 2. The van der Waals surface area contributed by atoms with E-state index < -0.39 is 0 Å². The highest BCUT2D eigenvalue weighted by Gasteiger charge is 2.38. The third-order valence-electron chi connectivity index (χ3n) is 7.15. The van der Waals surface area contributed by atoms with Crippen molar-refractivity contribution in [3.05, 3.63) is 71.8 Å². The normalized spacial score (nSPS) is 21.7. The molecule has 7 heteroatoms. The quantitative estimate of drug-likeness (QED) is 0.447. The average Bonchev–Trinajstić information content (AvgIpc) is 2.80. The average molecular weight is 502 g/mol. The van der Waals surface area contributed by atoms with Crippen LogP contribution in [0, 0.1) is 0 Å². The number of carbonyl (C=O) groups is 1. The molecule has 182 valence electrons. The van der Waals surface area contributed by atoms with Gasteiger partial charge in [0.1, 0.15) is 5.75 Å². The van der Waals surface area contributed by atoms with Crippen LogP contribution < -0.4 is 15.8 Å². The van der Waals surface area contributed by atoms with E-state index in [-0.39, 0.29) is 36.8 Å². The van der Waals surface area contributed by atoms with E-state index in [1.54, 1.807) is 13.2 Å². The number of anilines is 1. The van der Waals surface area contributed by atoms with Crippen LogP contribution >= 0.6 is 24.8 Å². The summed E-state index contributed by atoms with van der Waals surface area (Å²) in [5.74, 6) is 0.493. The maximum atomic E-state index is 13.3. The predicted molar refractivity (Wildman–Crippen MR) is 143 cm³/mol. The maximum absolute atomic E-state index is 13.3. The molecule has 2 aliphatic rings. The molecule has 0 aliphatic carbocycles. The number of methoxy groups -OCH3 is 1. The summed E-state index contributed by atoms with van der Waals surface area (Å²) in [5.41, 5.74) is 8.75. The Bertz CT molecular complexity index is 1110. The molecule has 3 N–H and O–H groups in total. The van der Waals surface area contributed by atoms with Gasteiger partial charge in [0.2, 0.25) is 0 Å². The molecule has 34 heavy (non-hydrogen) atoms. The van der Waals surface area contributed by atoms with E-state index in [9.17, 15) is 4.79 Å². The number of nitrogens with zero attached hydrogens (tertiary/aromatic N) is 1. The van der Waals surface area contributed by atoms with E-state index in [0.717, 1.165) is 30.2 Å². The zero-order chi connectivity index (χ0) is 22.1. The zero-order valence-electron chi connectivity index (χ0n) is 19.4. The standard InChI is InChI=1S/C27H31N3O2.2ClH/c1-32-26-23-13-6-5-12-22(23)25(28)16-24(26)27(31)29-19-14-20-10-7-11-21(15-19)30(20)17-18-8-3-2-4-9-18;;/h2-6,8-9,12-13,16,19-21H,7,10-11,14-15,17,28H2,1H3,(H,29,31);2*1H. The summed E-state index contributed by atoms with van der Waals surface area (Å²) in [7, 11) is 1.61. The van der Waals surface area contributed by atoms with Gasteiger partial charge in [-0.3, -0.25) is 9.69 Å². The number of amides is 1. The van der Waals surface area contributed by atoms with Gasteiger partial charge in [0, 0.05) is 41.1 Å². The molecule has 2 saturated heterocycles. The molecule has 5 rings (SSSR count). The molecule has 2 unspecified atom stereocenters. The van der Waals surface area contributed by atoms with Crippen molar-refractivity contribution >= 4 is 47.2 Å². The van der Waals surface area contributed by atoms with Gasteiger partial charge in [-0.1, -0.05) is 61.0 Å². The third-order valence-corrected chi connectivity index (χ3v) is 7.15. The molecule has 3 aromatic rings. The van der Waals surface area contributed by atoms with E-state index in [0.29, 0.717) is 29.1 Å². The van der Waals surface area contributed by atoms with Crippen molar-refractivity contribution in [2.24, 2.45) is 0 Å². The van der Waals surface area contributed by atoms with Gasteiger partial charge in [-0.25, -0.2) is 0 Å². The second-order valence-electron chi connectivity index (χ2n) is 9.13. The molecule has 0 radical (unpaired) electrons. The van der Waals surface area contributed by atoms with Crippen molar-refractivity contribution in [1.82, 2.24) is 10.2 Å². The van der Waals surface area contributed by atoms with Crippen molar-refractivity contribution in [2.75, 3.05) is 12.8 Å². The maximum Gasteiger partial charge on any atom is 0.255 e. The molecule has 1 amide bonds. The highest BCUT2D eigenvalue weighted by molar-refractivity contribution is 6.08. The number of nitrogens with two attached hydrogens (primary N) is 1. The lowest BCUT2D eigenvalue weighted by molar-refractivity contribution is 0.0177. The summed E-state index contributed by atoms with van der Waals surface area (Å²) in [6, 6.07) is 21.4. The summed E-state index contributed by atoms with van der Waals surface area (Å²) in [5, 5.41) is 5.09. The molecule has 2 atom stereocenters. The van der Waals surface area contributed by atoms with Gasteiger partial charge in [-0.05, 0) is 37.3 Å². The first-order valence-corrected chi connectivity index (χ1v) is 11.6. The molecule has 2 aliphatic heterocycles. The topological polar surface area (TPSA) is 67.6 Å². The Labute approximate surface area is 213 Å². The number of carbonyl (C=O) groups excluding carboxylic acids is 1. The van der Waals surface area contributed by atoms with Gasteiger partial charge < -0.3 is 15.8 Å². The van der Waals surface area contributed by atoms with Crippen molar-refractivity contribution in [3.8, 4) is 5.75 Å². The number of hydrogen-bond donors (Lipinski definition) is 2. The van der Waals surface area contributed by atoms with Gasteiger partial charge in [-0.2, -0.15) is 0 Å². The minimum absolute atomic E-state index is 0. The Balaban J connectivity index is 0.00000162. The van der Waals surface area contributed by atoms with Gasteiger partial charge in [-0.15, -0.1) is 24.8 Å². The first-order valence-electron chi connectivity index (χ1n) is 11.6. The number of nitrogen functional groups attached to an aromatic ring is 1. The van der Waals surface area contributed by atoms with E-state index >= 15 is 0 Å². The van der Waals surface area contributed by atoms with Gasteiger partial charge >= 0.3 is 0 Å². The lowest BCUT2D eigenvalue weighted by Crippen LogP contribution is -2.56. The van der Waals surface area contributed by atoms with Crippen LogP contribution in [0.15, 0.2) is 60.7 Å². The predicted octanol–water partition coefficient (Wildman–Crippen LogP) is 5.59. The fourth-order valence-electron chi connectivity index (χ4n) is 5.68. The molecule has 3 aromatic carbocycles. The van der Waals surface area contributed by atoms with Crippen LogP contribution in [0.4, 0.5) is 5.69 Å². The molecular weight excluding hydrogens is 469 g/mol. The summed E-state index contributed by atoms with van der Waals surface area (Å²) >= 11 is 0. The first-order chi connectivity index (χ1) is 15.6. The smallest absolute Gasteiger partial charge is 0.255 e. The van der Waals surface area contributed by atoms with Crippen molar-refractivity contribution < 1.29 is 9.53 Å². The summed E-state index contributed by atoms with van der Waals surface area (Å²) < 4.78 is 5.66. The minimum atomic E-state index is -0.0983. The van der Waals surface area contributed by atoms with E-state index in [1.807, 2.05) is 24.3 Å². The van der Waals surface area contributed by atoms with Crippen LogP contribution in [0.25, 0.3) is 10.8 Å². The Morgan fingerprint density at radius 1 is 1.00 bits per heavy atom. The van der Waals surface area contributed by atoms with Crippen LogP contribution in [-0.2, 0) is 6.54 Å². The Morgan fingerprint density at radius 2 is 1.62 bits per heavy atom. The highest BCUT2D eigenvalue weighted by Crippen LogP contribution is 2.37. The van der Waals surface area contributed by atoms with Crippen LogP contribution in [0.3, 0.4) is 0 Å². The van der Waals surface area contributed by atoms with Gasteiger partial charge in [0.15, 0.2) is 0 Å². The number of nitrogens with one attached hydrogen (secondary N) is 1. The van der Waals surface area contributed by atoms with Crippen LogP contribution in [0.1, 0.15) is 48.0 Å². The molecule has 2 heterocycles. The Hall–Kier alpha value is -2.47. The molecule has 0 aromatic heterocycles. The lowest BCUT2D eigenvalue weighted by Gasteiger charge is -2.49. The number of hydrogen-bond acceptors (Lipinski definition) is 4. The first kappa shape index (κ1) is 26.1. The number of rotatable bonds is 5. The highest BCUT2D eigenvalue weighted by atomic mass is 35.5. The van der Waals surface area contributed by atoms with Crippen LogP contribution in [0.5, 0.6) is 5.75 Å². The fourth-order valence-corrected chi connectivity index (χ4v) is 5.68. The Morgan fingerprint density at radius 3 is 2.26 bits per heavy atom. The fraction of sp³-hybridized carbons (Fsp3) is 0.370. The van der Waals surface area contributed by atoms with Crippen molar-refractivity contribution in [3.63, 3.8) is 0 Å². The SMILES string of the molecule is COc1c(C(=O)NC2CC3CCCC(C2)N3Cc2ccccc2)cc(N)c2ccccc12.Cl.Cl. The number of halogens is 2. The molecule has 2 bridgehead atoms. The van der Waals surface area contributed by atoms with E-state index in [4.69, 9.17) is 10.5 Å². The van der Waals surface area contributed by atoms with Crippen LogP contribution in [0.2, 0.25) is 0 Å². The number of fused-ring (bicyclic) bond motifs is 3. The molecule has 0 saturated carbocycles. The summed E-state index contributed by atoms with van der Waals surface area (Å²) in [6.45, 7) is 0.992. The molecule has 5 nitrogen and oxygen atoms in total. The minimum Gasteiger partial charge on any atom is -0.495 e. The van der Waals surface area contributed by atoms with E-state index in [2.05, 4.69) is 40.5 Å². The second kappa shape index (κ2) is 11.3. The van der Waals surface area contributed by atoms with Gasteiger partial charge in [0.05, 0.1) is 12.7 Å². The monoisotopic (exact) mass is 501 g/mol. The zero-order valence-corrected chi connectivity index (χ0v) is 21.0. The lowest BCUT2D eigenvalue weighted by atomic mass is 9.81.